The van der Waals surface area contributed by atoms with Crippen LogP contribution in [0.2, 0.25) is 5.02 Å². The van der Waals surface area contributed by atoms with Gasteiger partial charge in [0, 0.05) is 17.2 Å². The zero-order chi connectivity index (χ0) is 13.5. The molecular formula is C14H12ClN3OS. The van der Waals surface area contributed by atoms with E-state index in [1.807, 2.05) is 35.0 Å². The second-order valence-electron chi connectivity index (χ2n) is 4.80. The van der Waals surface area contributed by atoms with Crippen molar-refractivity contribution in [1.82, 2.24) is 14.6 Å². The molecule has 0 bridgehead atoms. The van der Waals surface area contributed by atoms with Gasteiger partial charge in [-0.2, -0.15) is 5.10 Å². The molecule has 0 aliphatic carbocycles. The van der Waals surface area contributed by atoms with Gasteiger partial charge in [-0.25, -0.2) is 9.50 Å². The van der Waals surface area contributed by atoms with E-state index in [0.29, 0.717) is 0 Å². The van der Waals surface area contributed by atoms with Gasteiger partial charge in [0.05, 0.1) is 11.9 Å². The van der Waals surface area contributed by atoms with E-state index in [1.165, 1.54) is 0 Å². The molecule has 0 N–H and O–H groups in total. The van der Waals surface area contributed by atoms with Crippen LogP contribution in [0.5, 0.6) is 0 Å². The topological polar surface area (TPSA) is 39.4 Å². The molecule has 0 amide bonds. The van der Waals surface area contributed by atoms with Gasteiger partial charge in [-0.3, -0.25) is 0 Å². The molecule has 1 fully saturated rings. The number of fused-ring (bicyclic) bond motifs is 1. The SMILES string of the molecule is Clc1ccc(-c2cn3nc(C4CCCO4)sc3n2)cc1. The normalized spacial score (nSPS) is 18.9. The maximum Gasteiger partial charge on any atom is 0.212 e. The summed E-state index contributed by atoms with van der Waals surface area (Å²) in [6, 6.07) is 7.68. The highest BCUT2D eigenvalue weighted by atomic mass is 35.5. The van der Waals surface area contributed by atoms with Crippen LogP contribution in [0.3, 0.4) is 0 Å². The van der Waals surface area contributed by atoms with Gasteiger partial charge in [-0.15, -0.1) is 0 Å². The molecule has 20 heavy (non-hydrogen) atoms. The average molecular weight is 306 g/mol. The number of hydrogen-bond donors (Lipinski definition) is 0. The zero-order valence-electron chi connectivity index (χ0n) is 10.6. The Labute approximate surface area is 125 Å². The molecule has 6 heteroatoms. The molecule has 1 aliphatic heterocycles. The third-order valence-electron chi connectivity index (χ3n) is 3.40. The van der Waals surface area contributed by atoms with Gasteiger partial charge in [-0.05, 0) is 25.0 Å². The first-order valence-electron chi connectivity index (χ1n) is 6.53. The van der Waals surface area contributed by atoms with Crippen LogP contribution in [0.15, 0.2) is 30.5 Å². The number of hydrogen-bond acceptors (Lipinski definition) is 4. The molecule has 2 aromatic heterocycles. The molecule has 1 unspecified atom stereocenters. The summed E-state index contributed by atoms with van der Waals surface area (Å²) >= 11 is 7.50. The molecule has 3 heterocycles. The van der Waals surface area contributed by atoms with E-state index >= 15 is 0 Å². The molecule has 3 aromatic rings. The van der Waals surface area contributed by atoms with Crippen molar-refractivity contribution in [3.05, 3.63) is 40.5 Å². The number of halogens is 1. The van der Waals surface area contributed by atoms with E-state index in [9.17, 15) is 0 Å². The summed E-state index contributed by atoms with van der Waals surface area (Å²) in [7, 11) is 0. The van der Waals surface area contributed by atoms with Crippen LogP contribution in [0.1, 0.15) is 24.0 Å². The van der Waals surface area contributed by atoms with Gasteiger partial charge in [0.2, 0.25) is 4.96 Å². The Morgan fingerprint density at radius 1 is 1.30 bits per heavy atom. The van der Waals surface area contributed by atoms with Gasteiger partial charge < -0.3 is 4.74 Å². The van der Waals surface area contributed by atoms with Gasteiger partial charge in [0.1, 0.15) is 11.1 Å². The lowest BCUT2D eigenvalue weighted by atomic mass is 10.2. The number of ether oxygens (including phenoxy) is 1. The molecule has 0 saturated carbocycles. The quantitative estimate of drug-likeness (QED) is 0.719. The van der Waals surface area contributed by atoms with Crippen molar-refractivity contribution >= 4 is 27.9 Å². The molecule has 1 atom stereocenters. The van der Waals surface area contributed by atoms with E-state index in [-0.39, 0.29) is 6.10 Å². The highest BCUT2D eigenvalue weighted by Crippen LogP contribution is 2.32. The summed E-state index contributed by atoms with van der Waals surface area (Å²) in [5, 5.41) is 6.33. The molecule has 0 radical (unpaired) electrons. The number of nitrogens with zero attached hydrogens (tertiary/aromatic N) is 3. The lowest BCUT2D eigenvalue weighted by Crippen LogP contribution is -1.95. The van der Waals surface area contributed by atoms with Gasteiger partial charge in [0.15, 0.2) is 0 Å². The smallest absolute Gasteiger partial charge is 0.212 e. The van der Waals surface area contributed by atoms with E-state index in [1.54, 1.807) is 11.3 Å². The molecule has 1 aromatic carbocycles. The Hall–Kier alpha value is -1.43. The standard InChI is InChI=1S/C14H12ClN3OS/c15-10-5-3-9(4-6-10)11-8-18-14(16-11)20-13(17-18)12-2-1-7-19-12/h3-6,8,12H,1-2,7H2. The Morgan fingerprint density at radius 2 is 2.15 bits per heavy atom. The van der Waals surface area contributed by atoms with Gasteiger partial charge in [0.25, 0.3) is 0 Å². The Balaban J connectivity index is 1.69. The number of imidazole rings is 1. The Kier molecular flexibility index (Phi) is 2.98. The number of rotatable bonds is 2. The maximum atomic E-state index is 5.90. The van der Waals surface area contributed by atoms with Crippen molar-refractivity contribution < 1.29 is 4.74 Å². The summed E-state index contributed by atoms with van der Waals surface area (Å²) in [6.07, 6.45) is 4.28. The maximum absolute atomic E-state index is 5.90. The van der Waals surface area contributed by atoms with Gasteiger partial charge >= 0.3 is 0 Å². The van der Waals surface area contributed by atoms with Crippen molar-refractivity contribution in [3.8, 4) is 11.3 Å². The Morgan fingerprint density at radius 3 is 2.85 bits per heavy atom. The van der Waals surface area contributed by atoms with Crippen LogP contribution in [0, 0.1) is 0 Å². The minimum atomic E-state index is 0.153. The lowest BCUT2D eigenvalue weighted by molar-refractivity contribution is 0.111. The summed E-state index contributed by atoms with van der Waals surface area (Å²) in [5.74, 6) is 0. The van der Waals surface area contributed by atoms with Gasteiger partial charge in [-0.1, -0.05) is 35.1 Å². The molecule has 102 valence electrons. The second-order valence-corrected chi connectivity index (χ2v) is 6.23. The first-order chi connectivity index (χ1) is 9.79. The highest BCUT2D eigenvalue weighted by Gasteiger charge is 2.22. The minimum Gasteiger partial charge on any atom is -0.371 e. The molecule has 0 spiro atoms. The molecule has 4 rings (SSSR count). The predicted octanol–water partition coefficient (Wildman–Crippen LogP) is 3.96. The van der Waals surface area contributed by atoms with Crippen molar-refractivity contribution in [3.63, 3.8) is 0 Å². The minimum absolute atomic E-state index is 0.153. The zero-order valence-corrected chi connectivity index (χ0v) is 12.2. The van der Waals surface area contributed by atoms with E-state index in [4.69, 9.17) is 16.3 Å². The van der Waals surface area contributed by atoms with E-state index < -0.39 is 0 Å². The number of aromatic nitrogens is 3. The third kappa shape index (κ3) is 2.12. The van der Waals surface area contributed by atoms with Crippen molar-refractivity contribution in [2.45, 2.75) is 18.9 Å². The van der Waals surface area contributed by atoms with Crippen LogP contribution in [0.4, 0.5) is 0 Å². The van der Waals surface area contributed by atoms with Crippen LogP contribution < -0.4 is 0 Å². The summed E-state index contributed by atoms with van der Waals surface area (Å²) in [6.45, 7) is 0.836. The monoisotopic (exact) mass is 305 g/mol. The average Bonchev–Trinajstić information content (AvgIpc) is 3.14. The summed E-state index contributed by atoms with van der Waals surface area (Å²) < 4.78 is 7.50. The van der Waals surface area contributed by atoms with E-state index in [0.717, 1.165) is 45.7 Å². The molecule has 1 aliphatic rings. The Bertz CT molecular complexity index is 712. The molecular weight excluding hydrogens is 294 g/mol. The fraction of sp³-hybridized carbons (Fsp3) is 0.286. The van der Waals surface area contributed by atoms with E-state index in [2.05, 4.69) is 10.1 Å². The summed E-state index contributed by atoms with van der Waals surface area (Å²) in [4.78, 5) is 5.53. The number of benzene rings is 1. The highest BCUT2D eigenvalue weighted by molar-refractivity contribution is 7.16. The fourth-order valence-electron chi connectivity index (χ4n) is 2.38. The molecule has 1 saturated heterocycles. The lowest BCUT2D eigenvalue weighted by Gasteiger charge is -2.02. The van der Waals surface area contributed by atoms with Crippen LogP contribution >= 0.6 is 22.9 Å². The van der Waals surface area contributed by atoms with Crippen molar-refractivity contribution in [2.24, 2.45) is 0 Å². The largest absolute Gasteiger partial charge is 0.371 e. The van der Waals surface area contributed by atoms with Crippen LogP contribution in [0.25, 0.3) is 16.2 Å². The fourth-order valence-corrected chi connectivity index (χ4v) is 3.47. The van der Waals surface area contributed by atoms with Crippen molar-refractivity contribution in [2.75, 3.05) is 6.61 Å². The first kappa shape index (κ1) is 12.3. The summed E-state index contributed by atoms with van der Waals surface area (Å²) in [5.41, 5.74) is 1.96. The predicted molar refractivity (Wildman–Crippen MR) is 79.2 cm³/mol. The molecule has 4 nitrogen and oxygen atoms in total. The van der Waals surface area contributed by atoms with Crippen molar-refractivity contribution in [1.29, 1.82) is 0 Å². The van der Waals surface area contributed by atoms with Crippen LogP contribution in [-0.2, 0) is 4.74 Å². The first-order valence-corrected chi connectivity index (χ1v) is 7.73. The third-order valence-corrected chi connectivity index (χ3v) is 4.67. The van der Waals surface area contributed by atoms with Crippen LogP contribution in [-0.4, -0.2) is 21.2 Å². The second kappa shape index (κ2) is 4.84.